The van der Waals surface area contributed by atoms with E-state index >= 15 is 0 Å². The summed E-state index contributed by atoms with van der Waals surface area (Å²) in [5, 5.41) is 0. The molecule has 0 bridgehead atoms. The summed E-state index contributed by atoms with van der Waals surface area (Å²) in [6.45, 7) is 0. The van der Waals surface area contributed by atoms with Crippen molar-refractivity contribution >= 4 is 18.4 Å². The normalized spacial score (nSPS) is 9.79. The van der Waals surface area contributed by atoms with E-state index in [1.54, 1.807) is 0 Å². The fraction of sp³-hybridized carbons (Fsp3) is 0.111. The van der Waals surface area contributed by atoms with Gasteiger partial charge in [0.25, 0.3) is 0 Å². The molecule has 0 amide bonds. The Labute approximate surface area is 119 Å². The standard InChI is InChI=1S/2C8H5.2CH3.Sn/c2*1-2-8-6-4-3-5-7-8;;;/h2*3-7H;2*1H3;. The van der Waals surface area contributed by atoms with Gasteiger partial charge in [-0.2, -0.15) is 0 Å². The first-order valence-electron chi connectivity index (χ1n) is 6.32. The Balaban J connectivity index is 2.16. The number of hydrogen-bond donors (Lipinski definition) is 0. The molecule has 0 aliphatic rings. The van der Waals surface area contributed by atoms with Gasteiger partial charge in [-0.3, -0.25) is 0 Å². The molecule has 0 unspecified atom stereocenters. The Morgan fingerprint density at radius 3 is 1.37 bits per heavy atom. The van der Waals surface area contributed by atoms with E-state index in [-0.39, 0.29) is 0 Å². The minimum absolute atomic E-state index is 1.08. The van der Waals surface area contributed by atoms with Crippen LogP contribution in [0.1, 0.15) is 11.1 Å². The van der Waals surface area contributed by atoms with E-state index in [9.17, 15) is 0 Å². The van der Waals surface area contributed by atoms with Crippen LogP contribution in [0.15, 0.2) is 60.7 Å². The predicted octanol–water partition coefficient (Wildman–Crippen LogP) is 3.88. The molecule has 2 aromatic rings. The van der Waals surface area contributed by atoms with E-state index in [0.29, 0.717) is 0 Å². The first-order valence-corrected chi connectivity index (χ1v) is 14.9. The summed E-state index contributed by atoms with van der Waals surface area (Å²) in [5.41, 5.74) is 2.16. The SMILES string of the molecule is [CH3][Sn]([CH3])([C]#Cc1ccccc1)[C]#Cc1ccccc1. The molecule has 0 N–H and O–H groups in total. The molecule has 0 saturated carbocycles. The topological polar surface area (TPSA) is 0 Å². The number of benzene rings is 2. The summed E-state index contributed by atoms with van der Waals surface area (Å²) in [4.78, 5) is 4.50. The van der Waals surface area contributed by atoms with Crippen LogP contribution in [0.3, 0.4) is 0 Å². The second-order valence-electron chi connectivity index (χ2n) is 4.86. The van der Waals surface area contributed by atoms with Crippen molar-refractivity contribution in [2.24, 2.45) is 0 Å². The zero-order chi connectivity index (χ0) is 13.6. The molecule has 1 heteroatoms. The molecule has 0 saturated heterocycles. The van der Waals surface area contributed by atoms with Gasteiger partial charge in [-0.05, 0) is 0 Å². The van der Waals surface area contributed by atoms with Gasteiger partial charge in [0.2, 0.25) is 0 Å². The fourth-order valence-electron chi connectivity index (χ4n) is 1.53. The summed E-state index contributed by atoms with van der Waals surface area (Å²) >= 11 is -2.55. The van der Waals surface area contributed by atoms with Gasteiger partial charge in [-0.1, -0.05) is 0 Å². The molecular weight excluding hydrogens is 335 g/mol. The second kappa shape index (κ2) is 6.50. The van der Waals surface area contributed by atoms with Crippen LogP contribution in [0.5, 0.6) is 0 Å². The van der Waals surface area contributed by atoms with Gasteiger partial charge >= 0.3 is 120 Å². The van der Waals surface area contributed by atoms with Crippen LogP contribution >= 0.6 is 0 Å². The maximum atomic E-state index is 3.43. The maximum absolute atomic E-state index is 3.43. The van der Waals surface area contributed by atoms with Gasteiger partial charge in [0.15, 0.2) is 0 Å². The third-order valence-electron chi connectivity index (χ3n) is 2.59. The summed E-state index contributed by atoms with van der Waals surface area (Å²) in [7, 11) is 0. The molecule has 0 aliphatic carbocycles. The fourth-order valence-corrected chi connectivity index (χ4v) is 4.32. The van der Waals surface area contributed by atoms with Gasteiger partial charge in [-0.15, -0.1) is 0 Å². The van der Waals surface area contributed by atoms with Crippen molar-refractivity contribution in [1.29, 1.82) is 0 Å². The molecule has 92 valence electrons. The molecule has 0 aliphatic heterocycles. The van der Waals surface area contributed by atoms with E-state index < -0.39 is 18.4 Å². The Bertz CT molecular complexity index is 587. The molecule has 0 spiro atoms. The van der Waals surface area contributed by atoms with Crippen LogP contribution in [-0.4, -0.2) is 18.4 Å². The summed E-state index contributed by atoms with van der Waals surface area (Å²) in [6.07, 6.45) is 0. The van der Waals surface area contributed by atoms with E-state index in [2.05, 4.69) is 29.6 Å². The number of rotatable bonds is 0. The monoisotopic (exact) mass is 352 g/mol. The molecule has 0 radical (unpaired) electrons. The van der Waals surface area contributed by atoms with Crippen molar-refractivity contribution in [3.05, 3.63) is 71.8 Å². The Morgan fingerprint density at radius 2 is 1.00 bits per heavy atom. The third kappa shape index (κ3) is 4.85. The van der Waals surface area contributed by atoms with Crippen molar-refractivity contribution in [2.75, 3.05) is 0 Å². The predicted molar refractivity (Wildman–Crippen MR) is 84.1 cm³/mol. The zero-order valence-corrected chi connectivity index (χ0v) is 14.1. The average Bonchev–Trinajstić information content (AvgIpc) is 2.46. The number of hydrogen-bond acceptors (Lipinski definition) is 0. The van der Waals surface area contributed by atoms with Gasteiger partial charge in [0, 0.05) is 0 Å². The first kappa shape index (κ1) is 13.8. The van der Waals surface area contributed by atoms with E-state index in [1.807, 2.05) is 60.7 Å². The quantitative estimate of drug-likeness (QED) is 0.499. The Hall–Kier alpha value is -1.64. The van der Waals surface area contributed by atoms with Crippen LogP contribution in [0.25, 0.3) is 0 Å². The van der Waals surface area contributed by atoms with E-state index in [0.717, 1.165) is 11.1 Å². The summed E-state index contributed by atoms with van der Waals surface area (Å²) < 4.78 is 6.86. The van der Waals surface area contributed by atoms with Crippen LogP contribution in [-0.2, 0) is 0 Å². The molecule has 0 fully saturated rings. The molecule has 19 heavy (non-hydrogen) atoms. The van der Waals surface area contributed by atoms with E-state index in [1.165, 1.54) is 0 Å². The van der Waals surface area contributed by atoms with Gasteiger partial charge in [0.1, 0.15) is 0 Å². The molecule has 0 heterocycles. The molecule has 2 aromatic carbocycles. The zero-order valence-electron chi connectivity index (χ0n) is 11.3. The third-order valence-corrected chi connectivity index (χ3v) is 6.87. The Kier molecular flexibility index (Phi) is 4.72. The van der Waals surface area contributed by atoms with Crippen LogP contribution in [0, 0.1) is 19.7 Å². The van der Waals surface area contributed by atoms with Gasteiger partial charge in [-0.25, -0.2) is 0 Å². The van der Waals surface area contributed by atoms with Crippen LogP contribution in [0.4, 0.5) is 0 Å². The van der Waals surface area contributed by atoms with Crippen LogP contribution in [0.2, 0.25) is 9.88 Å². The summed E-state index contributed by atoms with van der Waals surface area (Å²) in [5.74, 6) is 6.52. The van der Waals surface area contributed by atoms with Gasteiger partial charge in [0.05, 0.1) is 0 Å². The first-order chi connectivity index (χ1) is 9.16. The summed E-state index contributed by atoms with van der Waals surface area (Å²) in [6, 6.07) is 20.2. The van der Waals surface area contributed by atoms with Crippen molar-refractivity contribution < 1.29 is 0 Å². The average molecular weight is 351 g/mol. The molecular formula is C18H16Sn. The van der Waals surface area contributed by atoms with Gasteiger partial charge < -0.3 is 0 Å². The van der Waals surface area contributed by atoms with Crippen LogP contribution < -0.4 is 0 Å². The van der Waals surface area contributed by atoms with Crippen molar-refractivity contribution in [2.45, 2.75) is 9.88 Å². The van der Waals surface area contributed by atoms with Crippen molar-refractivity contribution in [3.8, 4) is 19.7 Å². The van der Waals surface area contributed by atoms with Crippen molar-refractivity contribution in [3.63, 3.8) is 0 Å². The molecule has 0 atom stereocenters. The van der Waals surface area contributed by atoms with Crippen molar-refractivity contribution in [1.82, 2.24) is 0 Å². The second-order valence-corrected chi connectivity index (χ2v) is 15.6. The molecule has 0 aromatic heterocycles. The molecule has 0 nitrogen and oxygen atoms in total. The Morgan fingerprint density at radius 1 is 0.632 bits per heavy atom. The molecule has 2 rings (SSSR count). The van der Waals surface area contributed by atoms with E-state index in [4.69, 9.17) is 0 Å². The minimum atomic E-state index is -2.55.